The zero-order valence-corrected chi connectivity index (χ0v) is 11.4. The summed E-state index contributed by atoms with van der Waals surface area (Å²) in [6, 6.07) is 0. The van der Waals surface area contributed by atoms with Gasteiger partial charge in [0.05, 0.1) is 12.4 Å². The molecule has 0 fully saturated rings. The quantitative estimate of drug-likeness (QED) is 0.794. The third-order valence-corrected chi connectivity index (χ3v) is 2.44. The van der Waals surface area contributed by atoms with Crippen LogP contribution in [0.25, 0.3) is 0 Å². The fourth-order valence-corrected chi connectivity index (χ4v) is 1.53. The summed E-state index contributed by atoms with van der Waals surface area (Å²) in [5.41, 5.74) is 0.272. The van der Waals surface area contributed by atoms with E-state index >= 15 is 0 Å². The first kappa shape index (κ1) is 13.9. The van der Waals surface area contributed by atoms with E-state index in [0.717, 1.165) is 6.54 Å². The Morgan fingerprint density at radius 2 is 2.20 bits per heavy atom. The maximum atomic E-state index is 11.8. The summed E-state index contributed by atoms with van der Waals surface area (Å²) < 4.78 is 4.95. The highest BCUT2D eigenvalue weighted by atomic mass is 16.5. The number of amides is 1. The number of nitrogens with one attached hydrogen (secondary N) is 2. The highest BCUT2D eigenvalue weighted by Crippen LogP contribution is 2.01. The minimum absolute atomic E-state index is 0.272. The van der Waals surface area contributed by atoms with Crippen LogP contribution in [-0.4, -0.2) is 39.1 Å². The van der Waals surface area contributed by atoms with E-state index in [-0.39, 0.29) is 11.6 Å². The van der Waals surface area contributed by atoms with Crippen molar-refractivity contribution in [1.82, 2.24) is 25.4 Å². The molecule has 0 radical (unpaired) electrons. The van der Waals surface area contributed by atoms with E-state index in [1.165, 1.54) is 12.4 Å². The SMILES string of the molecule is CCNc1cnc(C(=O)NCCc2nc(C)no2)cn1. The van der Waals surface area contributed by atoms with Crippen molar-refractivity contribution >= 4 is 11.7 Å². The molecule has 0 atom stereocenters. The van der Waals surface area contributed by atoms with E-state index in [9.17, 15) is 4.79 Å². The second kappa shape index (κ2) is 6.60. The topological polar surface area (TPSA) is 106 Å². The first-order chi connectivity index (χ1) is 9.69. The summed E-state index contributed by atoms with van der Waals surface area (Å²) in [6.45, 7) is 4.86. The fraction of sp³-hybridized carbons (Fsp3) is 0.417. The molecule has 0 spiro atoms. The van der Waals surface area contributed by atoms with E-state index in [4.69, 9.17) is 4.52 Å². The van der Waals surface area contributed by atoms with E-state index in [2.05, 4.69) is 30.7 Å². The van der Waals surface area contributed by atoms with Gasteiger partial charge in [-0.3, -0.25) is 4.79 Å². The van der Waals surface area contributed by atoms with Crippen LogP contribution in [0.2, 0.25) is 0 Å². The Morgan fingerprint density at radius 1 is 1.35 bits per heavy atom. The van der Waals surface area contributed by atoms with Crippen molar-refractivity contribution in [1.29, 1.82) is 0 Å². The smallest absolute Gasteiger partial charge is 0.271 e. The fourth-order valence-electron chi connectivity index (χ4n) is 1.53. The zero-order valence-electron chi connectivity index (χ0n) is 11.4. The molecule has 20 heavy (non-hydrogen) atoms. The van der Waals surface area contributed by atoms with Crippen LogP contribution in [0.15, 0.2) is 16.9 Å². The first-order valence-electron chi connectivity index (χ1n) is 6.32. The van der Waals surface area contributed by atoms with Crippen LogP contribution in [0.5, 0.6) is 0 Å². The number of hydrogen-bond acceptors (Lipinski definition) is 7. The van der Waals surface area contributed by atoms with Gasteiger partial charge in [0.25, 0.3) is 5.91 Å². The van der Waals surface area contributed by atoms with Crippen LogP contribution in [0, 0.1) is 6.92 Å². The lowest BCUT2D eigenvalue weighted by Gasteiger charge is -2.04. The molecule has 0 aliphatic carbocycles. The molecule has 106 valence electrons. The molecule has 8 nitrogen and oxygen atoms in total. The van der Waals surface area contributed by atoms with Crippen LogP contribution in [0.4, 0.5) is 5.82 Å². The van der Waals surface area contributed by atoms with Crippen molar-refractivity contribution in [2.75, 3.05) is 18.4 Å². The van der Waals surface area contributed by atoms with Gasteiger partial charge < -0.3 is 15.2 Å². The number of anilines is 1. The van der Waals surface area contributed by atoms with Crippen LogP contribution in [0.3, 0.4) is 0 Å². The van der Waals surface area contributed by atoms with Crippen LogP contribution in [0.1, 0.15) is 29.1 Å². The Labute approximate surface area is 116 Å². The van der Waals surface area contributed by atoms with E-state index in [1.54, 1.807) is 6.92 Å². The predicted molar refractivity (Wildman–Crippen MR) is 71.3 cm³/mol. The van der Waals surface area contributed by atoms with Gasteiger partial charge in [-0.1, -0.05) is 5.16 Å². The highest BCUT2D eigenvalue weighted by Gasteiger charge is 2.08. The zero-order chi connectivity index (χ0) is 14.4. The molecule has 2 rings (SSSR count). The molecule has 2 heterocycles. The molecular formula is C12H16N6O2. The lowest BCUT2D eigenvalue weighted by molar-refractivity contribution is 0.0948. The van der Waals surface area contributed by atoms with Crippen molar-refractivity contribution in [3.63, 3.8) is 0 Å². The largest absolute Gasteiger partial charge is 0.369 e. The van der Waals surface area contributed by atoms with Crippen molar-refractivity contribution in [3.05, 3.63) is 29.8 Å². The summed E-state index contributed by atoms with van der Waals surface area (Å²) in [4.78, 5) is 24.0. The van der Waals surface area contributed by atoms with Crippen LogP contribution < -0.4 is 10.6 Å². The third kappa shape index (κ3) is 3.74. The van der Waals surface area contributed by atoms with Crippen molar-refractivity contribution in [2.24, 2.45) is 0 Å². The Balaban J connectivity index is 1.82. The van der Waals surface area contributed by atoms with Crippen molar-refractivity contribution < 1.29 is 9.32 Å². The second-order valence-electron chi connectivity index (χ2n) is 4.06. The Hall–Kier alpha value is -2.51. The molecule has 0 aromatic carbocycles. The molecular weight excluding hydrogens is 260 g/mol. The van der Waals surface area contributed by atoms with Crippen molar-refractivity contribution in [2.45, 2.75) is 20.3 Å². The second-order valence-corrected chi connectivity index (χ2v) is 4.06. The summed E-state index contributed by atoms with van der Waals surface area (Å²) >= 11 is 0. The summed E-state index contributed by atoms with van der Waals surface area (Å²) in [5, 5.41) is 9.40. The van der Waals surface area contributed by atoms with Gasteiger partial charge in [-0.2, -0.15) is 4.98 Å². The number of nitrogens with zero attached hydrogens (tertiary/aromatic N) is 4. The molecule has 2 N–H and O–H groups in total. The minimum Gasteiger partial charge on any atom is -0.369 e. The van der Waals surface area contributed by atoms with Gasteiger partial charge in [-0.25, -0.2) is 9.97 Å². The number of aromatic nitrogens is 4. The number of hydrogen-bond donors (Lipinski definition) is 2. The van der Waals surface area contributed by atoms with Crippen molar-refractivity contribution in [3.8, 4) is 0 Å². The summed E-state index contributed by atoms with van der Waals surface area (Å²) in [6.07, 6.45) is 3.44. The molecule has 0 unspecified atom stereocenters. The maximum Gasteiger partial charge on any atom is 0.271 e. The summed E-state index contributed by atoms with van der Waals surface area (Å²) in [7, 11) is 0. The monoisotopic (exact) mass is 276 g/mol. The van der Waals surface area contributed by atoms with E-state index in [0.29, 0.717) is 30.5 Å². The summed E-state index contributed by atoms with van der Waals surface area (Å²) in [5.74, 6) is 1.44. The normalized spacial score (nSPS) is 10.3. The molecule has 0 saturated heterocycles. The highest BCUT2D eigenvalue weighted by molar-refractivity contribution is 5.91. The molecule has 0 saturated carbocycles. The average molecular weight is 276 g/mol. The van der Waals surface area contributed by atoms with Crippen LogP contribution >= 0.6 is 0 Å². The molecule has 0 bridgehead atoms. The minimum atomic E-state index is -0.281. The molecule has 0 aliphatic heterocycles. The van der Waals surface area contributed by atoms with Gasteiger partial charge in [-0.05, 0) is 13.8 Å². The number of carbonyl (C=O) groups is 1. The maximum absolute atomic E-state index is 11.8. The predicted octanol–water partition coefficient (Wildman–Crippen LogP) is 0.572. The lowest BCUT2D eigenvalue weighted by atomic mass is 10.3. The molecule has 0 aliphatic rings. The van der Waals surface area contributed by atoms with Gasteiger partial charge in [0.1, 0.15) is 11.5 Å². The number of carbonyl (C=O) groups excluding carboxylic acids is 1. The Bertz CT molecular complexity index is 566. The Kier molecular flexibility index (Phi) is 4.59. The van der Waals surface area contributed by atoms with Gasteiger partial charge in [0, 0.05) is 19.5 Å². The van der Waals surface area contributed by atoms with Gasteiger partial charge in [0.15, 0.2) is 5.82 Å². The van der Waals surface area contributed by atoms with E-state index in [1.807, 2.05) is 6.92 Å². The van der Waals surface area contributed by atoms with Gasteiger partial charge in [0.2, 0.25) is 5.89 Å². The number of rotatable bonds is 6. The van der Waals surface area contributed by atoms with Gasteiger partial charge in [-0.15, -0.1) is 0 Å². The standard InChI is InChI=1S/C12H16N6O2/c1-3-13-10-7-15-9(6-16-10)12(19)14-5-4-11-17-8(2)18-20-11/h6-7H,3-5H2,1-2H3,(H,13,16)(H,14,19). The molecule has 2 aromatic rings. The number of aryl methyl sites for hydroxylation is 1. The van der Waals surface area contributed by atoms with Crippen LogP contribution in [-0.2, 0) is 6.42 Å². The molecule has 2 aromatic heterocycles. The lowest BCUT2D eigenvalue weighted by Crippen LogP contribution is -2.26. The van der Waals surface area contributed by atoms with Gasteiger partial charge >= 0.3 is 0 Å². The molecule has 1 amide bonds. The Morgan fingerprint density at radius 3 is 2.80 bits per heavy atom. The average Bonchev–Trinajstić information content (AvgIpc) is 2.85. The molecule has 8 heteroatoms. The first-order valence-corrected chi connectivity index (χ1v) is 6.32. The van der Waals surface area contributed by atoms with E-state index < -0.39 is 0 Å². The third-order valence-electron chi connectivity index (χ3n) is 2.44.